The molecule has 346 valence electrons. The molecule has 3 fully saturated rings. The lowest BCUT2D eigenvalue weighted by molar-refractivity contribution is -0.136. The molecule has 3 atom stereocenters. The number of carbonyl (C=O) groups excluding carboxylic acids is 6. The standard InChI is InChI=1S/C48H50FN11O7/c1-29-42(55-60(34-9-4-3-5-10-34)43(29)54-48(66)52-38-28-56(21-22-67-2)27-37(38)31-7-6-8-33(49)24-31)32-25-50-47(51-26-32)58-19-17-57(18-20-58)41(62)16-12-30-11-13-35-36(23-30)46(65)59(45(35)64)39-14-15-40(61)53-44(39)63/h3-11,13,23-26,37-39H,12,14-22,27-28H2,1-2H3,(H2,52,54,66)(H,53,61,63)/t37-,38+,39?/m0/s1. The predicted molar refractivity (Wildman–Crippen MR) is 243 cm³/mol. The highest BCUT2D eigenvalue weighted by atomic mass is 19.1. The molecule has 5 aromatic rings. The van der Waals surface area contributed by atoms with Gasteiger partial charge < -0.3 is 19.9 Å². The van der Waals surface area contributed by atoms with Gasteiger partial charge in [0, 0.05) is 95.2 Å². The van der Waals surface area contributed by atoms with Crippen molar-refractivity contribution in [1.82, 2.24) is 45.1 Å². The van der Waals surface area contributed by atoms with E-state index in [1.54, 1.807) is 53.4 Å². The number of amides is 7. The van der Waals surface area contributed by atoms with Gasteiger partial charge in [-0.1, -0.05) is 36.4 Å². The van der Waals surface area contributed by atoms with E-state index in [9.17, 15) is 33.2 Å². The molecule has 18 nitrogen and oxygen atoms in total. The number of imide groups is 2. The van der Waals surface area contributed by atoms with Gasteiger partial charge in [0.1, 0.15) is 23.4 Å². The van der Waals surface area contributed by atoms with Crippen molar-refractivity contribution in [3.63, 3.8) is 0 Å². The van der Waals surface area contributed by atoms with E-state index in [1.807, 2.05) is 48.2 Å². The van der Waals surface area contributed by atoms with Gasteiger partial charge in [0.15, 0.2) is 0 Å². The molecular weight excluding hydrogens is 862 g/mol. The second-order valence-electron chi connectivity index (χ2n) is 17.2. The summed E-state index contributed by atoms with van der Waals surface area (Å²) >= 11 is 0. The zero-order valence-electron chi connectivity index (χ0n) is 37.1. The minimum absolute atomic E-state index is 0.0384. The van der Waals surface area contributed by atoms with Crippen molar-refractivity contribution in [3.8, 4) is 16.9 Å². The number of likely N-dealkylation sites (tertiary alicyclic amines) is 1. The maximum atomic E-state index is 14.3. The van der Waals surface area contributed by atoms with Crippen LogP contribution in [-0.4, -0.2) is 142 Å². The quantitative estimate of drug-likeness (QED) is 0.145. The molecule has 19 heteroatoms. The average molecular weight is 912 g/mol. The van der Waals surface area contributed by atoms with Crippen molar-refractivity contribution in [1.29, 1.82) is 0 Å². The number of piperazine rings is 1. The molecule has 3 saturated heterocycles. The molecule has 4 aliphatic rings. The first kappa shape index (κ1) is 44.8. The molecule has 3 aromatic carbocycles. The van der Waals surface area contributed by atoms with Crippen molar-refractivity contribution >= 4 is 47.3 Å². The predicted octanol–water partition coefficient (Wildman–Crippen LogP) is 3.70. The Morgan fingerprint density at radius 1 is 0.896 bits per heavy atom. The molecule has 4 aliphatic heterocycles. The van der Waals surface area contributed by atoms with E-state index in [4.69, 9.17) is 19.8 Å². The number of piperidine rings is 1. The van der Waals surface area contributed by atoms with Crippen LogP contribution >= 0.6 is 0 Å². The number of fused-ring (bicyclic) bond motifs is 1. The summed E-state index contributed by atoms with van der Waals surface area (Å²) in [6.07, 6.45) is 4.06. The van der Waals surface area contributed by atoms with Crippen molar-refractivity contribution in [2.45, 2.75) is 50.6 Å². The number of hydrogen-bond acceptors (Lipinski definition) is 12. The zero-order chi connectivity index (χ0) is 46.8. The molecule has 0 radical (unpaired) electrons. The fourth-order valence-corrected chi connectivity index (χ4v) is 9.34. The molecule has 7 amide bonds. The van der Waals surface area contributed by atoms with Crippen LogP contribution in [0, 0.1) is 12.7 Å². The van der Waals surface area contributed by atoms with Crippen LogP contribution in [0.1, 0.15) is 62.6 Å². The van der Waals surface area contributed by atoms with Crippen LogP contribution in [0.25, 0.3) is 16.9 Å². The highest BCUT2D eigenvalue weighted by molar-refractivity contribution is 6.23. The van der Waals surface area contributed by atoms with Crippen molar-refractivity contribution < 1.29 is 37.9 Å². The normalized spacial score (nSPS) is 19.7. The number of nitrogens with zero attached hydrogens (tertiary/aromatic N) is 8. The summed E-state index contributed by atoms with van der Waals surface area (Å²) in [6, 6.07) is 19.1. The van der Waals surface area contributed by atoms with Gasteiger partial charge in [-0.15, -0.1) is 0 Å². The van der Waals surface area contributed by atoms with Crippen LogP contribution in [0.2, 0.25) is 0 Å². The smallest absolute Gasteiger partial charge is 0.320 e. The highest BCUT2D eigenvalue weighted by Crippen LogP contribution is 2.33. The van der Waals surface area contributed by atoms with Crippen LogP contribution in [0.5, 0.6) is 0 Å². The van der Waals surface area contributed by atoms with E-state index in [1.165, 1.54) is 12.1 Å². The van der Waals surface area contributed by atoms with Gasteiger partial charge in [-0.25, -0.2) is 23.8 Å². The number of para-hydroxylation sites is 1. The number of ether oxygens (including phenoxy) is 1. The van der Waals surface area contributed by atoms with E-state index < -0.39 is 35.7 Å². The Kier molecular flexibility index (Phi) is 12.9. The summed E-state index contributed by atoms with van der Waals surface area (Å²) in [7, 11) is 1.65. The Balaban J connectivity index is 0.823. The second kappa shape index (κ2) is 19.2. The molecular formula is C48H50FN11O7. The summed E-state index contributed by atoms with van der Waals surface area (Å²) in [4.78, 5) is 93.9. The number of methoxy groups -OCH3 is 1. The lowest BCUT2D eigenvalue weighted by Gasteiger charge is -2.34. The van der Waals surface area contributed by atoms with Gasteiger partial charge in [-0.2, -0.15) is 5.10 Å². The molecule has 6 heterocycles. The molecule has 3 N–H and O–H groups in total. The molecule has 0 spiro atoms. The third kappa shape index (κ3) is 9.37. The third-order valence-corrected chi connectivity index (χ3v) is 12.9. The van der Waals surface area contributed by atoms with Gasteiger partial charge in [0.25, 0.3) is 11.8 Å². The van der Waals surface area contributed by atoms with E-state index in [-0.39, 0.29) is 54.1 Å². The number of carbonyl (C=O) groups is 6. The monoisotopic (exact) mass is 911 g/mol. The fourth-order valence-electron chi connectivity index (χ4n) is 9.34. The molecule has 0 aliphatic carbocycles. The van der Waals surface area contributed by atoms with Crippen LogP contribution in [0.15, 0.2) is 85.2 Å². The molecule has 67 heavy (non-hydrogen) atoms. The minimum Gasteiger partial charge on any atom is -0.383 e. The lowest BCUT2D eigenvalue weighted by Crippen LogP contribution is -2.54. The van der Waals surface area contributed by atoms with E-state index >= 15 is 0 Å². The van der Waals surface area contributed by atoms with Crippen LogP contribution in [0.3, 0.4) is 0 Å². The Morgan fingerprint density at radius 2 is 1.66 bits per heavy atom. The van der Waals surface area contributed by atoms with E-state index in [0.717, 1.165) is 16.2 Å². The van der Waals surface area contributed by atoms with Crippen molar-refractivity contribution in [2.24, 2.45) is 0 Å². The maximum absolute atomic E-state index is 14.3. The third-order valence-electron chi connectivity index (χ3n) is 12.9. The molecule has 0 saturated carbocycles. The van der Waals surface area contributed by atoms with Gasteiger partial charge in [0.05, 0.1) is 29.5 Å². The van der Waals surface area contributed by atoms with Gasteiger partial charge in [-0.05, 0) is 67.3 Å². The summed E-state index contributed by atoms with van der Waals surface area (Å²) < 4.78 is 21.3. The number of hydrogen-bond donors (Lipinski definition) is 3. The Labute approximate surface area is 385 Å². The second-order valence-corrected chi connectivity index (χ2v) is 17.2. The average Bonchev–Trinajstić information content (AvgIpc) is 3.97. The Hall–Kier alpha value is -7.38. The first-order chi connectivity index (χ1) is 32.4. The largest absolute Gasteiger partial charge is 0.383 e. The number of aromatic nitrogens is 4. The minimum atomic E-state index is -1.05. The van der Waals surface area contributed by atoms with Crippen molar-refractivity contribution in [3.05, 3.63) is 119 Å². The number of rotatable bonds is 13. The van der Waals surface area contributed by atoms with E-state index in [2.05, 4.69) is 20.9 Å². The van der Waals surface area contributed by atoms with Gasteiger partial charge in [0.2, 0.25) is 23.7 Å². The number of anilines is 2. The summed E-state index contributed by atoms with van der Waals surface area (Å²) in [5.74, 6) is -1.81. The Bertz CT molecular complexity index is 2720. The molecule has 2 aromatic heterocycles. The van der Waals surface area contributed by atoms with Crippen LogP contribution < -0.4 is 20.9 Å². The summed E-state index contributed by atoms with van der Waals surface area (Å²) in [6.45, 7) is 6.21. The van der Waals surface area contributed by atoms with Crippen LogP contribution in [-0.2, 0) is 25.5 Å². The van der Waals surface area contributed by atoms with E-state index in [0.29, 0.717) is 93.0 Å². The number of urea groups is 1. The Morgan fingerprint density at radius 3 is 2.39 bits per heavy atom. The maximum Gasteiger partial charge on any atom is 0.320 e. The first-order valence-corrected chi connectivity index (χ1v) is 22.3. The topological polar surface area (TPSA) is 204 Å². The molecule has 0 bridgehead atoms. The zero-order valence-corrected chi connectivity index (χ0v) is 37.1. The number of benzene rings is 3. The van der Waals surface area contributed by atoms with Crippen molar-refractivity contribution in [2.75, 3.05) is 69.7 Å². The highest BCUT2D eigenvalue weighted by Gasteiger charge is 2.45. The number of halogens is 1. The van der Waals surface area contributed by atoms with Gasteiger partial charge >= 0.3 is 6.03 Å². The number of nitrogens with one attached hydrogen (secondary N) is 3. The molecule has 1 unspecified atom stereocenters. The van der Waals surface area contributed by atoms with Crippen LogP contribution in [0.4, 0.5) is 21.0 Å². The molecule has 9 rings (SSSR count). The first-order valence-electron chi connectivity index (χ1n) is 22.3. The van der Waals surface area contributed by atoms with Gasteiger partial charge in [-0.3, -0.25) is 44.4 Å². The summed E-state index contributed by atoms with van der Waals surface area (Å²) in [5.41, 5.74) is 4.56. The lowest BCUT2D eigenvalue weighted by atomic mass is 9.94. The SMILES string of the molecule is COCCN1C[C@@H](NC(=O)Nc2c(C)c(-c3cnc(N4CCN(C(=O)CCc5ccc6c(c5)C(=O)N(C5CCC(=O)NC5=O)C6=O)CC4)nc3)nn2-c2ccccc2)[C@H](c2cccc(F)c2)C1. The number of aryl methyl sites for hydroxylation is 1. The summed E-state index contributed by atoms with van der Waals surface area (Å²) in [5, 5.41) is 13.3. The fraction of sp³-hybridized carbons (Fsp3) is 0.354.